The van der Waals surface area contributed by atoms with Crippen LogP contribution < -0.4 is 15.2 Å². The molecule has 5 heteroatoms. The third-order valence-corrected chi connectivity index (χ3v) is 3.93. The molecule has 2 rings (SSSR count). The van der Waals surface area contributed by atoms with Crippen LogP contribution in [0.25, 0.3) is 0 Å². The lowest BCUT2D eigenvalue weighted by atomic mass is 10.0. The third-order valence-electron chi connectivity index (χ3n) is 3.65. The van der Waals surface area contributed by atoms with Crippen LogP contribution in [0.1, 0.15) is 31.7 Å². The maximum atomic E-state index is 6.29. The fraction of sp³-hybridized carbons (Fsp3) is 0.625. The maximum absolute atomic E-state index is 6.29. The van der Waals surface area contributed by atoms with Gasteiger partial charge in [-0.05, 0) is 49.3 Å². The van der Waals surface area contributed by atoms with Gasteiger partial charge in [-0.1, -0.05) is 18.5 Å². The first-order chi connectivity index (χ1) is 10.1. The van der Waals surface area contributed by atoms with Crippen LogP contribution in [-0.2, 0) is 11.2 Å². The largest absolute Gasteiger partial charge is 0.493 e. The van der Waals surface area contributed by atoms with Gasteiger partial charge in [-0.2, -0.15) is 0 Å². The van der Waals surface area contributed by atoms with Gasteiger partial charge in [0.2, 0.25) is 0 Å². The number of methoxy groups -OCH3 is 1. The zero-order valence-corrected chi connectivity index (χ0v) is 13.5. The van der Waals surface area contributed by atoms with Gasteiger partial charge in [-0.15, -0.1) is 0 Å². The summed E-state index contributed by atoms with van der Waals surface area (Å²) in [7, 11) is 1.60. The van der Waals surface area contributed by atoms with Crippen LogP contribution in [0.3, 0.4) is 0 Å². The number of benzene rings is 1. The van der Waals surface area contributed by atoms with Gasteiger partial charge in [-0.3, -0.25) is 0 Å². The van der Waals surface area contributed by atoms with Gasteiger partial charge in [0.1, 0.15) is 0 Å². The van der Waals surface area contributed by atoms with Crippen molar-refractivity contribution < 1.29 is 14.2 Å². The minimum absolute atomic E-state index is 0.124. The molecule has 1 unspecified atom stereocenters. The Morgan fingerprint density at radius 1 is 1.38 bits per heavy atom. The fourth-order valence-corrected chi connectivity index (χ4v) is 2.37. The monoisotopic (exact) mass is 313 g/mol. The van der Waals surface area contributed by atoms with E-state index in [0.717, 1.165) is 25.0 Å². The molecule has 0 amide bonds. The third kappa shape index (κ3) is 5.06. The molecule has 1 aromatic carbocycles. The van der Waals surface area contributed by atoms with Crippen molar-refractivity contribution in [1.29, 1.82) is 0 Å². The van der Waals surface area contributed by atoms with Gasteiger partial charge in [0.15, 0.2) is 18.3 Å². The zero-order valence-electron chi connectivity index (χ0n) is 12.7. The lowest BCUT2D eigenvalue weighted by Gasteiger charge is -2.15. The van der Waals surface area contributed by atoms with Crippen molar-refractivity contribution in [2.75, 3.05) is 20.5 Å². The highest BCUT2D eigenvalue weighted by Crippen LogP contribution is 2.37. The van der Waals surface area contributed by atoms with E-state index in [2.05, 4.69) is 6.92 Å². The molecule has 0 aliphatic heterocycles. The van der Waals surface area contributed by atoms with E-state index >= 15 is 0 Å². The molecule has 0 bridgehead atoms. The number of nitrogens with two attached hydrogens (primary N) is 1. The number of rotatable bonds is 9. The van der Waals surface area contributed by atoms with Crippen molar-refractivity contribution in [3.05, 3.63) is 22.7 Å². The van der Waals surface area contributed by atoms with E-state index in [-0.39, 0.29) is 12.8 Å². The highest BCUT2D eigenvalue weighted by Gasteiger charge is 2.21. The van der Waals surface area contributed by atoms with Crippen LogP contribution in [0.4, 0.5) is 0 Å². The molecule has 0 radical (unpaired) electrons. The number of ether oxygens (including phenoxy) is 3. The molecule has 0 saturated heterocycles. The lowest BCUT2D eigenvalue weighted by Crippen LogP contribution is -2.21. The molecule has 1 aromatic rings. The topological polar surface area (TPSA) is 53.7 Å². The predicted octanol–water partition coefficient (Wildman–Crippen LogP) is 3.39. The van der Waals surface area contributed by atoms with Crippen LogP contribution in [0, 0.1) is 5.92 Å². The van der Waals surface area contributed by atoms with Crippen LogP contribution in [0.15, 0.2) is 12.1 Å². The van der Waals surface area contributed by atoms with E-state index in [1.807, 2.05) is 12.1 Å². The Hall–Kier alpha value is -0.970. The standard InChI is InChI=1S/C16H24ClNO3/c1-3-13(18)6-12-7-14(17)16(15(8-12)19-2)21-10-20-9-11-4-5-11/h7-8,11,13H,3-6,9-10,18H2,1-2H3. The Morgan fingerprint density at radius 2 is 2.14 bits per heavy atom. The van der Waals surface area contributed by atoms with Gasteiger partial charge in [0.05, 0.1) is 18.7 Å². The normalized spacial score (nSPS) is 15.8. The molecule has 2 N–H and O–H groups in total. The summed E-state index contributed by atoms with van der Waals surface area (Å²) in [4.78, 5) is 0. The minimum Gasteiger partial charge on any atom is -0.493 e. The predicted molar refractivity (Wildman–Crippen MR) is 84.1 cm³/mol. The molecule has 118 valence electrons. The number of halogens is 1. The van der Waals surface area contributed by atoms with E-state index in [1.165, 1.54) is 12.8 Å². The Morgan fingerprint density at radius 3 is 2.76 bits per heavy atom. The zero-order chi connectivity index (χ0) is 15.2. The van der Waals surface area contributed by atoms with Crippen molar-refractivity contribution in [3.63, 3.8) is 0 Å². The second-order valence-electron chi connectivity index (χ2n) is 5.56. The van der Waals surface area contributed by atoms with E-state index < -0.39 is 0 Å². The van der Waals surface area contributed by atoms with Gasteiger partial charge in [0, 0.05) is 6.04 Å². The number of hydrogen-bond acceptors (Lipinski definition) is 4. The second-order valence-corrected chi connectivity index (χ2v) is 5.97. The Labute approximate surface area is 131 Å². The van der Waals surface area contributed by atoms with Gasteiger partial charge in [0.25, 0.3) is 0 Å². The second kappa shape index (κ2) is 7.87. The summed E-state index contributed by atoms with van der Waals surface area (Å²) >= 11 is 6.29. The molecule has 0 aromatic heterocycles. The molecule has 1 aliphatic carbocycles. The molecule has 4 nitrogen and oxygen atoms in total. The molecular weight excluding hydrogens is 290 g/mol. The molecule has 0 heterocycles. The molecular formula is C16H24ClNO3. The fourth-order valence-electron chi connectivity index (χ4n) is 2.08. The first-order valence-electron chi connectivity index (χ1n) is 7.46. The molecule has 1 aliphatic rings. The Balaban J connectivity index is 1.97. The minimum atomic E-state index is 0.124. The quantitative estimate of drug-likeness (QED) is 0.561. The lowest BCUT2D eigenvalue weighted by molar-refractivity contribution is 0.00870. The van der Waals surface area contributed by atoms with Crippen molar-refractivity contribution in [3.8, 4) is 11.5 Å². The summed E-state index contributed by atoms with van der Waals surface area (Å²) in [5, 5.41) is 0.530. The Kier molecular flexibility index (Phi) is 6.15. The van der Waals surface area contributed by atoms with Gasteiger partial charge < -0.3 is 19.9 Å². The summed E-state index contributed by atoms with van der Waals surface area (Å²) in [6.45, 7) is 3.02. The van der Waals surface area contributed by atoms with Crippen LogP contribution in [0.5, 0.6) is 11.5 Å². The van der Waals surface area contributed by atoms with Crippen LogP contribution >= 0.6 is 11.6 Å². The van der Waals surface area contributed by atoms with Gasteiger partial charge in [-0.25, -0.2) is 0 Å². The molecule has 21 heavy (non-hydrogen) atoms. The molecule has 1 atom stereocenters. The van der Waals surface area contributed by atoms with Crippen molar-refractivity contribution in [1.82, 2.24) is 0 Å². The summed E-state index contributed by atoms with van der Waals surface area (Å²) in [6.07, 6.45) is 4.21. The van der Waals surface area contributed by atoms with E-state index in [4.69, 9.17) is 31.5 Å². The van der Waals surface area contributed by atoms with Crippen molar-refractivity contribution in [2.24, 2.45) is 11.7 Å². The van der Waals surface area contributed by atoms with Gasteiger partial charge >= 0.3 is 0 Å². The summed E-state index contributed by atoms with van der Waals surface area (Å²) in [5.74, 6) is 1.86. The molecule has 1 saturated carbocycles. The average Bonchev–Trinajstić information content (AvgIpc) is 3.28. The Bertz CT molecular complexity index is 463. The van der Waals surface area contributed by atoms with E-state index in [0.29, 0.717) is 22.4 Å². The summed E-state index contributed by atoms with van der Waals surface area (Å²) in [5.41, 5.74) is 7.04. The summed E-state index contributed by atoms with van der Waals surface area (Å²) in [6, 6.07) is 3.94. The highest BCUT2D eigenvalue weighted by atomic mass is 35.5. The summed E-state index contributed by atoms with van der Waals surface area (Å²) < 4.78 is 16.5. The number of hydrogen-bond donors (Lipinski definition) is 1. The first kappa shape index (κ1) is 16.4. The van der Waals surface area contributed by atoms with Crippen molar-refractivity contribution in [2.45, 2.75) is 38.6 Å². The molecule has 1 fully saturated rings. The van der Waals surface area contributed by atoms with Crippen molar-refractivity contribution >= 4 is 11.6 Å². The highest BCUT2D eigenvalue weighted by molar-refractivity contribution is 6.32. The maximum Gasteiger partial charge on any atom is 0.189 e. The molecule has 0 spiro atoms. The average molecular weight is 314 g/mol. The smallest absolute Gasteiger partial charge is 0.189 e. The SMILES string of the molecule is CCC(N)Cc1cc(Cl)c(OCOCC2CC2)c(OC)c1. The van der Waals surface area contributed by atoms with E-state index in [9.17, 15) is 0 Å². The van der Waals surface area contributed by atoms with E-state index in [1.54, 1.807) is 7.11 Å². The van der Waals surface area contributed by atoms with Crippen LogP contribution in [-0.4, -0.2) is 26.6 Å². The van der Waals surface area contributed by atoms with Crippen LogP contribution in [0.2, 0.25) is 5.02 Å². The first-order valence-corrected chi connectivity index (χ1v) is 7.84.